The van der Waals surface area contributed by atoms with Gasteiger partial charge in [-0.3, -0.25) is 0 Å². The summed E-state index contributed by atoms with van der Waals surface area (Å²) < 4.78 is 26.2. The van der Waals surface area contributed by atoms with Crippen LogP contribution in [0.15, 0.2) is 24.3 Å². The smallest absolute Gasteiger partial charge is 0.338 e. The quantitative estimate of drug-likeness (QED) is 0.835. The summed E-state index contributed by atoms with van der Waals surface area (Å²) in [6.07, 6.45) is -1.87. The van der Waals surface area contributed by atoms with Crippen molar-refractivity contribution >= 4 is 5.97 Å². The molecule has 1 aromatic rings. The van der Waals surface area contributed by atoms with Gasteiger partial charge in [0.1, 0.15) is 5.82 Å². The van der Waals surface area contributed by atoms with Gasteiger partial charge in [0, 0.05) is 5.92 Å². The van der Waals surface area contributed by atoms with Crippen LogP contribution < -0.4 is 0 Å². The maximum atomic E-state index is 13.1. The van der Waals surface area contributed by atoms with E-state index in [1.54, 1.807) is 6.07 Å². The Bertz CT molecular complexity index is 352. The van der Waals surface area contributed by atoms with Crippen LogP contribution in [0.3, 0.4) is 0 Å². The van der Waals surface area contributed by atoms with Gasteiger partial charge in [0.2, 0.25) is 0 Å². The number of benzene rings is 1. The van der Waals surface area contributed by atoms with Gasteiger partial charge in [0.05, 0.1) is 0 Å². The molecule has 0 saturated carbocycles. The molecule has 1 rings (SSSR count). The Morgan fingerprint density at radius 1 is 1.47 bits per heavy atom. The fourth-order valence-electron chi connectivity index (χ4n) is 1.36. The minimum Gasteiger partial charge on any atom is -0.479 e. The third-order valence-electron chi connectivity index (χ3n) is 2.24. The van der Waals surface area contributed by atoms with Crippen molar-refractivity contribution in [3.8, 4) is 0 Å². The number of carboxylic acid groups (broad SMARTS) is 1. The topological polar surface area (TPSA) is 37.3 Å². The van der Waals surface area contributed by atoms with Crippen LogP contribution in [0.25, 0.3) is 0 Å². The monoisotopic (exact) mass is 214 g/mol. The van der Waals surface area contributed by atoms with Crippen molar-refractivity contribution in [3.63, 3.8) is 0 Å². The predicted octanol–water partition coefficient (Wildman–Crippen LogP) is 2.43. The van der Waals surface area contributed by atoms with Crippen molar-refractivity contribution in [2.75, 3.05) is 0 Å². The van der Waals surface area contributed by atoms with Crippen LogP contribution in [-0.2, 0) is 11.2 Å². The summed E-state index contributed by atoms with van der Waals surface area (Å²) in [5.74, 6) is -2.67. The molecule has 0 radical (unpaired) electrons. The van der Waals surface area contributed by atoms with Crippen molar-refractivity contribution in [1.82, 2.24) is 0 Å². The van der Waals surface area contributed by atoms with Gasteiger partial charge in [-0.25, -0.2) is 13.6 Å². The summed E-state index contributed by atoms with van der Waals surface area (Å²) in [7, 11) is 0. The summed E-state index contributed by atoms with van der Waals surface area (Å²) >= 11 is 0. The highest BCUT2D eigenvalue weighted by atomic mass is 19.1. The van der Waals surface area contributed by atoms with E-state index in [0.29, 0.717) is 5.56 Å². The van der Waals surface area contributed by atoms with Gasteiger partial charge in [0.25, 0.3) is 0 Å². The second kappa shape index (κ2) is 4.87. The van der Waals surface area contributed by atoms with E-state index in [4.69, 9.17) is 5.11 Å². The highest BCUT2D eigenvalue weighted by molar-refractivity contribution is 5.72. The molecule has 0 aromatic heterocycles. The Hall–Kier alpha value is -1.45. The third-order valence-corrected chi connectivity index (χ3v) is 2.24. The summed E-state index contributed by atoms with van der Waals surface area (Å²) in [6.45, 7) is 1.45. The van der Waals surface area contributed by atoms with Crippen LogP contribution in [0.5, 0.6) is 0 Å². The number of hydrogen-bond acceptors (Lipinski definition) is 1. The minimum atomic E-state index is -1.95. The Morgan fingerprint density at radius 2 is 2.07 bits per heavy atom. The number of halogens is 2. The molecule has 1 N–H and O–H groups in total. The summed E-state index contributed by atoms with van der Waals surface area (Å²) in [6, 6.07) is 5.98. The van der Waals surface area contributed by atoms with Gasteiger partial charge in [0.15, 0.2) is 6.17 Å². The molecule has 4 heteroatoms. The average Bonchev–Trinajstić information content (AvgIpc) is 2.20. The van der Waals surface area contributed by atoms with E-state index in [1.165, 1.54) is 25.1 Å². The standard InChI is InChI=1S/C11H12F2O2/c1-7(10(13)11(14)15)6-8-4-2-3-5-9(8)12/h2-5,7,10H,6H2,1H3,(H,14,15). The first-order valence-corrected chi connectivity index (χ1v) is 4.62. The first-order valence-electron chi connectivity index (χ1n) is 4.62. The van der Waals surface area contributed by atoms with Crippen molar-refractivity contribution in [3.05, 3.63) is 35.6 Å². The highest BCUT2D eigenvalue weighted by Crippen LogP contribution is 2.17. The molecule has 1 aromatic carbocycles. The molecule has 0 aliphatic heterocycles. The normalized spacial score (nSPS) is 14.6. The minimum absolute atomic E-state index is 0.0835. The molecule has 0 amide bonds. The number of aliphatic carboxylic acids is 1. The van der Waals surface area contributed by atoms with E-state index < -0.39 is 23.9 Å². The molecule has 82 valence electrons. The van der Waals surface area contributed by atoms with Gasteiger partial charge < -0.3 is 5.11 Å². The molecule has 2 atom stereocenters. The molecular formula is C11H12F2O2. The van der Waals surface area contributed by atoms with E-state index in [2.05, 4.69) is 0 Å². The van der Waals surface area contributed by atoms with E-state index in [9.17, 15) is 13.6 Å². The molecule has 15 heavy (non-hydrogen) atoms. The Kier molecular flexibility index (Phi) is 3.77. The van der Waals surface area contributed by atoms with Gasteiger partial charge in [-0.05, 0) is 18.1 Å². The second-order valence-corrected chi connectivity index (χ2v) is 3.51. The molecule has 0 saturated heterocycles. The van der Waals surface area contributed by atoms with E-state index in [0.717, 1.165) is 0 Å². The van der Waals surface area contributed by atoms with E-state index >= 15 is 0 Å². The van der Waals surface area contributed by atoms with Gasteiger partial charge in [-0.15, -0.1) is 0 Å². The first kappa shape index (κ1) is 11.6. The van der Waals surface area contributed by atoms with Crippen LogP contribution in [0.2, 0.25) is 0 Å². The molecule has 2 unspecified atom stereocenters. The Balaban J connectivity index is 2.70. The lowest BCUT2D eigenvalue weighted by atomic mass is 9.96. The van der Waals surface area contributed by atoms with Gasteiger partial charge in [-0.2, -0.15) is 0 Å². The fourth-order valence-corrected chi connectivity index (χ4v) is 1.36. The molecule has 2 nitrogen and oxygen atoms in total. The third kappa shape index (κ3) is 3.01. The molecule has 0 aliphatic rings. The second-order valence-electron chi connectivity index (χ2n) is 3.51. The molecule has 0 aliphatic carbocycles. The zero-order valence-corrected chi connectivity index (χ0v) is 8.28. The van der Waals surface area contributed by atoms with Crippen LogP contribution >= 0.6 is 0 Å². The molecular weight excluding hydrogens is 202 g/mol. The summed E-state index contributed by atoms with van der Waals surface area (Å²) in [5, 5.41) is 8.43. The van der Waals surface area contributed by atoms with Crippen LogP contribution in [0, 0.1) is 11.7 Å². The highest BCUT2D eigenvalue weighted by Gasteiger charge is 2.24. The van der Waals surface area contributed by atoms with Crippen LogP contribution in [-0.4, -0.2) is 17.2 Å². The number of rotatable bonds is 4. The maximum Gasteiger partial charge on any atom is 0.338 e. The summed E-state index contributed by atoms with van der Waals surface area (Å²) in [5.41, 5.74) is 0.342. The van der Waals surface area contributed by atoms with Crippen molar-refractivity contribution in [1.29, 1.82) is 0 Å². The van der Waals surface area contributed by atoms with Crippen LogP contribution in [0.4, 0.5) is 8.78 Å². The molecule has 0 fully saturated rings. The lowest BCUT2D eigenvalue weighted by molar-refractivity contribution is -0.144. The first-order chi connectivity index (χ1) is 7.02. The van der Waals surface area contributed by atoms with E-state index in [-0.39, 0.29) is 6.42 Å². The largest absolute Gasteiger partial charge is 0.479 e. The van der Waals surface area contributed by atoms with Gasteiger partial charge in [-0.1, -0.05) is 25.1 Å². The molecule has 0 spiro atoms. The molecule has 0 bridgehead atoms. The number of carboxylic acids is 1. The maximum absolute atomic E-state index is 13.1. The lowest BCUT2D eigenvalue weighted by Crippen LogP contribution is -2.24. The number of hydrogen-bond donors (Lipinski definition) is 1. The van der Waals surface area contributed by atoms with E-state index in [1.807, 2.05) is 0 Å². The summed E-state index contributed by atoms with van der Waals surface area (Å²) in [4.78, 5) is 10.3. The zero-order valence-electron chi connectivity index (χ0n) is 8.28. The van der Waals surface area contributed by atoms with Crippen molar-refractivity contribution in [2.24, 2.45) is 5.92 Å². The average molecular weight is 214 g/mol. The number of alkyl halides is 1. The fraction of sp³-hybridized carbons (Fsp3) is 0.364. The van der Waals surface area contributed by atoms with Crippen molar-refractivity contribution < 1.29 is 18.7 Å². The Labute approximate surface area is 86.5 Å². The Morgan fingerprint density at radius 3 is 2.60 bits per heavy atom. The molecule has 0 heterocycles. The number of carbonyl (C=O) groups is 1. The van der Waals surface area contributed by atoms with Crippen molar-refractivity contribution in [2.45, 2.75) is 19.5 Å². The van der Waals surface area contributed by atoms with Gasteiger partial charge >= 0.3 is 5.97 Å². The van der Waals surface area contributed by atoms with Crippen LogP contribution in [0.1, 0.15) is 12.5 Å². The predicted molar refractivity (Wildman–Crippen MR) is 51.8 cm³/mol. The lowest BCUT2D eigenvalue weighted by Gasteiger charge is -2.13. The SMILES string of the molecule is CC(Cc1ccccc1F)C(F)C(=O)O. The zero-order chi connectivity index (χ0) is 11.4.